The van der Waals surface area contributed by atoms with Gasteiger partial charge in [-0.25, -0.2) is 4.39 Å². The van der Waals surface area contributed by atoms with E-state index in [0.29, 0.717) is 16.1 Å². The highest BCUT2D eigenvalue weighted by atomic mass is 79.9. The molecule has 0 amide bonds. The van der Waals surface area contributed by atoms with Gasteiger partial charge in [0.05, 0.1) is 0 Å². The van der Waals surface area contributed by atoms with Crippen molar-refractivity contribution in [2.45, 2.75) is 13.0 Å². The molecule has 2 aromatic carbocycles. The SMILES string of the molecule is Cc1cc(Br)ccc1C(O)c1cc(F)ccc1Cl. The molecule has 94 valence electrons. The molecule has 1 unspecified atom stereocenters. The number of aliphatic hydroxyl groups is 1. The minimum atomic E-state index is -0.929. The summed E-state index contributed by atoms with van der Waals surface area (Å²) in [4.78, 5) is 0. The lowest BCUT2D eigenvalue weighted by Gasteiger charge is -2.16. The summed E-state index contributed by atoms with van der Waals surface area (Å²) in [5.74, 6) is -0.414. The second kappa shape index (κ2) is 5.39. The van der Waals surface area contributed by atoms with Crippen LogP contribution in [-0.2, 0) is 0 Å². The second-order valence-electron chi connectivity index (χ2n) is 4.07. The monoisotopic (exact) mass is 328 g/mol. The predicted octanol–water partition coefficient (Wildman–Crippen LogP) is 4.63. The Morgan fingerprint density at radius 2 is 1.89 bits per heavy atom. The van der Waals surface area contributed by atoms with E-state index in [1.807, 2.05) is 19.1 Å². The Bertz CT molecular complexity index is 586. The average molecular weight is 330 g/mol. The van der Waals surface area contributed by atoms with E-state index in [1.54, 1.807) is 6.07 Å². The van der Waals surface area contributed by atoms with Gasteiger partial charge in [0, 0.05) is 15.1 Å². The van der Waals surface area contributed by atoms with Gasteiger partial charge in [-0.1, -0.05) is 33.6 Å². The Labute approximate surface area is 118 Å². The quantitative estimate of drug-likeness (QED) is 0.851. The summed E-state index contributed by atoms with van der Waals surface area (Å²) in [7, 11) is 0. The fourth-order valence-electron chi connectivity index (χ4n) is 1.84. The first-order valence-corrected chi connectivity index (χ1v) is 6.55. The number of hydrogen-bond acceptors (Lipinski definition) is 1. The van der Waals surface area contributed by atoms with Gasteiger partial charge in [-0.2, -0.15) is 0 Å². The van der Waals surface area contributed by atoms with Crippen molar-refractivity contribution in [3.63, 3.8) is 0 Å². The first kappa shape index (κ1) is 13.5. The molecule has 2 aromatic rings. The number of rotatable bonds is 2. The fraction of sp³-hybridized carbons (Fsp3) is 0.143. The van der Waals surface area contributed by atoms with Gasteiger partial charge in [0.2, 0.25) is 0 Å². The topological polar surface area (TPSA) is 20.2 Å². The molecule has 0 aliphatic rings. The maximum atomic E-state index is 13.2. The molecule has 0 fully saturated rings. The number of aryl methyl sites for hydroxylation is 1. The molecule has 2 rings (SSSR count). The normalized spacial score (nSPS) is 12.5. The summed E-state index contributed by atoms with van der Waals surface area (Å²) in [5.41, 5.74) is 2.00. The van der Waals surface area contributed by atoms with Gasteiger partial charge in [0.25, 0.3) is 0 Å². The maximum absolute atomic E-state index is 13.2. The first-order chi connectivity index (χ1) is 8.49. The third-order valence-electron chi connectivity index (χ3n) is 2.78. The van der Waals surface area contributed by atoms with Crippen LogP contribution in [-0.4, -0.2) is 5.11 Å². The molecule has 1 N–H and O–H groups in total. The highest BCUT2D eigenvalue weighted by molar-refractivity contribution is 9.10. The van der Waals surface area contributed by atoms with E-state index < -0.39 is 11.9 Å². The van der Waals surface area contributed by atoms with Crippen molar-refractivity contribution < 1.29 is 9.50 Å². The number of aliphatic hydroxyl groups excluding tert-OH is 1. The maximum Gasteiger partial charge on any atom is 0.123 e. The third-order valence-corrected chi connectivity index (χ3v) is 3.62. The van der Waals surface area contributed by atoms with E-state index in [2.05, 4.69) is 15.9 Å². The zero-order valence-corrected chi connectivity index (χ0v) is 12.0. The van der Waals surface area contributed by atoms with Gasteiger partial charge in [0.15, 0.2) is 0 Å². The minimum Gasteiger partial charge on any atom is -0.384 e. The molecule has 1 nitrogen and oxygen atoms in total. The highest BCUT2D eigenvalue weighted by Gasteiger charge is 2.16. The van der Waals surface area contributed by atoms with Crippen molar-refractivity contribution in [2.24, 2.45) is 0 Å². The average Bonchev–Trinajstić information content (AvgIpc) is 2.31. The summed E-state index contributed by atoms with van der Waals surface area (Å²) in [6.07, 6.45) is -0.929. The molecule has 0 spiro atoms. The summed E-state index contributed by atoms with van der Waals surface area (Å²) in [6.45, 7) is 1.89. The first-order valence-electron chi connectivity index (χ1n) is 5.38. The van der Waals surface area contributed by atoms with E-state index in [4.69, 9.17) is 11.6 Å². The Hall–Kier alpha value is -0.900. The van der Waals surface area contributed by atoms with Crippen molar-refractivity contribution in [1.29, 1.82) is 0 Å². The molecule has 0 heterocycles. The van der Waals surface area contributed by atoms with Gasteiger partial charge < -0.3 is 5.11 Å². The van der Waals surface area contributed by atoms with Crippen LogP contribution in [0, 0.1) is 12.7 Å². The molecular weight excluding hydrogens is 319 g/mol. The van der Waals surface area contributed by atoms with Gasteiger partial charge in [-0.3, -0.25) is 0 Å². The summed E-state index contributed by atoms with van der Waals surface area (Å²) in [5, 5.41) is 10.7. The molecule has 18 heavy (non-hydrogen) atoms. The van der Waals surface area contributed by atoms with Crippen molar-refractivity contribution in [3.05, 3.63) is 68.4 Å². The molecule has 4 heteroatoms. The largest absolute Gasteiger partial charge is 0.384 e. The van der Waals surface area contributed by atoms with Gasteiger partial charge in [0.1, 0.15) is 11.9 Å². The van der Waals surface area contributed by atoms with E-state index in [9.17, 15) is 9.50 Å². The number of halogens is 3. The van der Waals surface area contributed by atoms with Crippen LogP contribution in [0.15, 0.2) is 40.9 Å². The molecule has 0 aliphatic carbocycles. The summed E-state index contributed by atoms with van der Waals surface area (Å²) < 4.78 is 14.1. The van der Waals surface area contributed by atoms with Crippen molar-refractivity contribution >= 4 is 27.5 Å². The Balaban J connectivity index is 2.47. The smallest absolute Gasteiger partial charge is 0.123 e. The Kier molecular flexibility index (Phi) is 4.05. The van der Waals surface area contributed by atoms with Crippen LogP contribution in [0.25, 0.3) is 0 Å². The van der Waals surface area contributed by atoms with Crippen molar-refractivity contribution in [2.75, 3.05) is 0 Å². The molecule has 0 aromatic heterocycles. The fourth-order valence-corrected chi connectivity index (χ4v) is 2.53. The van der Waals surface area contributed by atoms with E-state index >= 15 is 0 Å². The summed E-state index contributed by atoms with van der Waals surface area (Å²) >= 11 is 9.35. The van der Waals surface area contributed by atoms with E-state index in [-0.39, 0.29) is 0 Å². The van der Waals surface area contributed by atoms with Gasteiger partial charge in [-0.15, -0.1) is 0 Å². The Morgan fingerprint density at radius 1 is 1.17 bits per heavy atom. The van der Waals surface area contributed by atoms with Gasteiger partial charge >= 0.3 is 0 Å². The lowest BCUT2D eigenvalue weighted by molar-refractivity contribution is 0.219. The van der Waals surface area contributed by atoms with Crippen LogP contribution in [0.5, 0.6) is 0 Å². The lowest BCUT2D eigenvalue weighted by atomic mass is 9.97. The molecule has 0 bridgehead atoms. The number of benzene rings is 2. The van der Waals surface area contributed by atoms with Crippen molar-refractivity contribution in [1.82, 2.24) is 0 Å². The second-order valence-corrected chi connectivity index (χ2v) is 5.39. The predicted molar refractivity (Wildman–Crippen MR) is 74.4 cm³/mol. The zero-order valence-electron chi connectivity index (χ0n) is 9.62. The molecule has 0 radical (unpaired) electrons. The van der Waals surface area contributed by atoms with Crippen molar-refractivity contribution in [3.8, 4) is 0 Å². The zero-order chi connectivity index (χ0) is 13.3. The third kappa shape index (κ3) is 2.74. The molecule has 0 aliphatic heterocycles. The van der Waals surface area contributed by atoms with Crippen LogP contribution in [0.2, 0.25) is 5.02 Å². The Morgan fingerprint density at radius 3 is 2.56 bits per heavy atom. The van der Waals surface area contributed by atoms with Crippen LogP contribution >= 0.6 is 27.5 Å². The summed E-state index contributed by atoms with van der Waals surface area (Å²) in [6, 6.07) is 9.50. The van der Waals surface area contributed by atoms with Gasteiger partial charge in [-0.05, 0) is 48.4 Å². The molecule has 0 saturated heterocycles. The van der Waals surface area contributed by atoms with Crippen LogP contribution in [0.1, 0.15) is 22.8 Å². The minimum absolute atomic E-state index is 0.353. The van der Waals surface area contributed by atoms with Crippen LogP contribution in [0.4, 0.5) is 4.39 Å². The number of hydrogen-bond donors (Lipinski definition) is 1. The van der Waals surface area contributed by atoms with E-state index in [0.717, 1.165) is 10.0 Å². The lowest BCUT2D eigenvalue weighted by Crippen LogP contribution is -2.03. The molecule has 0 saturated carbocycles. The highest BCUT2D eigenvalue weighted by Crippen LogP contribution is 2.31. The van der Waals surface area contributed by atoms with Crippen LogP contribution in [0.3, 0.4) is 0 Å². The molecular formula is C14H11BrClFO. The molecule has 1 atom stereocenters. The van der Waals surface area contributed by atoms with E-state index in [1.165, 1.54) is 18.2 Å². The standard InChI is InChI=1S/C14H11BrClFO/c1-8-6-9(15)2-4-11(8)14(18)12-7-10(17)3-5-13(12)16/h2-7,14,18H,1H3. The van der Waals surface area contributed by atoms with Crippen LogP contribution < -0.4 is 0 Å².